The van der Waals surface area contributed by atoms with Gasteiger partial charge in [-0.25, -0.2) is 0 Å². The summed E-state index contributed by atoms with van der Waals surface area (Å²) in [4.78, 5) is 18.6. The van der Waals surface area contributed by atoms with Crippen LogP contribution in [-0.2, 0) is 4.79 Å². The van der Waals surface area contributed by atoms with E-state index in [1.54, 1.807) is 0 Å². The topological polar surface area (TPSA) is 35.6 Å². The molecule has 4 heteroatoms. The SMILES string of the molecule is CCN(CC)CCC(=O)N[C@@H]1CC2(N3CCC(C)CC3)C[C@H](c3ccccc3)C1[C@@H](c1ccccc1)C2. The zero-order chi connectivity index (χ0) is 25.8. The van der Waals surface area contributed by atoms with Crippen LogP contribution >= 0.6 is 0 Å². The van der Waals surface area contributed by atoms with Crippen LogP contribution in [0.1, 0.15) is 82.3 Å². The van der Waals surface area contributed by atoms with Crippen LogP contribution in [0.25, 0.3) is 0 Å². The molecule has 2 aromatic carbocycles. The van der Waals surface area contributed by atoms with Crippen molar-refractivity contribution in [3.8, 4) is 0 Å². The molecule has 6 rings (SSSR count). The molecule has 4 aliphatic rings. The number of hydrogen-bond donors (Lipinski definition) is 1. The smallest absolute Gasteiger partial charge is 0.221 e. The minimum Gasteiger partial charge on any atom is -0.353 e. The first kappa shape index (κ1) is 26.4. The maximum Gasteiger partial charge on any atom is 0.221 e. The van der Waals surface area contributed by atoms with Crippen molar-refractivity contribution in [1.82, 2.24) is 15.1 Å². The van der Waals surface area contributed by atoms with Crippen LogP contribution in [0.3, 0.4) is 0 Å². The number of carbonyl (C=O) groups excluding carboxylic acids is 1. The van der Waals surface area contributed by atoms with Gasteiger partial charge in [0, 0.05) is 24.5 Å². The summed E-state index contributed by atoms with van der Waals surface area (Å²) in [5, 5.41) is 3.63. The molecule has 4 fully saturated rings. The number of fused-ring (bicyclic) bond motifs is 3. The highest BCUT2D eigenvalue weighted by atomic mass is 16.1. The maximum atomic E-state index is 13.4. The number of nitrogens with one attached hydrogen (secondary N) is 1. The second kappa shape index (κ2) is 11.7. The van der Waals surface area contributed by atoms with E-state index in [0.717, 1.165) is 32.0 Å². The molecular formula is C33H47N3O. The summed E-state index contributed by atoms with van der Waals surface area (Å²) >= 11 is 0. The van der Waals surface area contributed by atoms with E-state index >= 15 is 0 Å². The molecule has 2 aromatic rings. The van der Waals surface area contributed by atoms with Gasteiger partial charge in [-0.3, -0.25) is 9.69 Å². The van der Waals surface area contributed by atoms with Gasteiger partial charge in [0.2, 0.25) is 5.91 Å². The third kappa shape index (κ3) is 5.66. The standard InChI is InChI=1S/C33H47N3O/c1-4-35(5-2)19-18-31(37)34-30-24-33(36-20-16-25(3)17-21-36)22-28(26-12-8-6-9-13-26)32(30)29(23-33)27-14-10-7-11-15-27/h6-15,25,28-30,32H,4-5,16-24H2,1-3H3,(H,34,37)/t28-,29-,30-,32?,33?/m1/s1. The molecule has 37 heavy (non-hydrogen) atoms. The van der Waals surface area contributed by atoms with Gasteiger partial charge in [-0.1, -0.05) is 81.4 Å². The Bertz CT molecular complexity index is 947. The maximum absolute atomic E-state index is 13.4. The van der Waals surface area contributed by atoms with Crippen LogP contribution < -0.4 is 5.32 Å². The van der Waals surface area contributed by atoms with Gasteiger partial charge < -0.3 is 10.2 Å². The summed E-state index contributed by atoms with van der Waals surface area (Å²) in [5.74, 6) is 2.39. The van der Waals surface area contributed by atoms with Crippen molar-refractivity contribution in [2.45, 2.75) is 82.7 Å². The van der Waals surface area contributed by atoms with E-state index < -0.39 is 0 Å². The van der Waals surface area contributed by atoms with E-state index in [9.17, 15) is 4.79 Å². The highest BCUT2D eigenvalue weighted by molar-refractivity contribution is 5.76. The van der Waals surface area contributed by atoms with Gasteiger partial charge in [-0.2, -0.15) is 0 Å². The Morgan fingerprint density at radius 1 is 0.892 bits per heavy atom. The lowest BCUT2D eigenvalue weighted by atomic mass is 9.50. The van der Waals surface area contributed by atoms with E-state index in [1.807, 2.05) is 0 Å². The molecule has 0 aromatic heterocycles. The Labute approximate surface area is 224 Å². The van der Waals surface area contributed by atoms with Crippen molar-refractivity contribution in [1.29, 1.82) is 0 Å². The van der Waals surface area contributed by atoms with Crippen LogP contribution in [0.5, 0.6) is 0 Å². The molecule has 200 valence electrons. The Hall–Kier alpha value is -2.17. The monoisotopic (exact) mass is 501 g/mol. The molecule has 3 atom stereocenters. The van der Waals surface area contributed by atoms with Gasteiger partial charge in [-0.05, 0) is 93.1 Å². The largest absolute Gasteiger partial charge is 0.353 e. The minimum absolute atomic E-state index is 0.146. The fourth-order valence-corrected chi connectivity index (χ4v) is 7.90. The summed E-state index contributed by atoms with van der Waals surface area (Å²) in [7, 11) is 0. The number of piperidine rings is 1. The number of hydrogen-bond acceptors (Lipinski definition) is 3. The number of benzene rings is 2. The summed E-state index contributed by atoms with van der Waals surface area (Å²) in [6, 6.07) is 22.6. The molecule has 0 radical (unpaired) electrons. The molecule has 1 aliphatic heterocycles. The minimum atomic E-state index is 0.146. The average Bonchev–Trinajstić information content (AvgIpc) is 2.94. The Morgan fingerprint density at radius 3 is 1.95 bits per heavy atom. The second-order valence-electron chi connectivity index (χ2n) is 12.1. The van der Waals surface area contributed by atoms with Crippen LogP contribution in [0.4, 0.5) is 0 Å². The first-order valence-corrected chi connectivity index (χ1v) is 14.9. The molecule has 3 saturated carbocycles. The van der Waals surface area contributed by atoms with Crippen molar-refractivity contribution >= 4 is 5.91 Å². The Balaban J connectivity index is 1.49. The highest BCUT2D eigenvalue weighted by Crippen LogP contribution is 2.60. The van der Waals surface area contributed by atoms with Crippen molar-refractivity contribution in [2.75, 3.05) is 32.7 Å². The summed E-state index contributed by atoms with van der Waals surface area (Å²) in [5.41, 5.74) is 3.04. The van der Waals surface area contributed by atoms with E-state index in [1.165, 1.54) is 49.9 Å². The van der Waals surface area contributed by atoms with E-state index in [2.05, 4.69) is 96.6 Å². The zero-order valence-corrected chi connectivity index (χ0v) is 23.2. The van der Waals surface area contributed by atoms with Gasteiger partial charge in [0.05, 0.1) is 0 Å². The Morgan fingerprint density at radius 2 is 1.43 bits per heavy atom. The van der Waals surface area contributed by atoms with E-state index in [-0.39, 0.29) is 17.5 Å². The first-order chi connectivity index (χ1) is 18.0. The van der Waals surface area contributed by atoms with Crippen molar-refractivity contribution in [2.24, 2.45) is 11.8 Å². The highest BCUT2D eigenvalue weighted by Gasteiger charge is 2.58. The first-order valence-electron chi connectivity index (χ1n) is 14.9. The number of likely N-dealkylation sites (tertiary alicyclic amines) is 1. The Kier molecular flexibility index (Phi) is 8.36. The van der Waals surface area contributed by atoms with Crippen molar-refractivity contribution in [3.05, 3.63) is 71.8 Å². The lowest BCUT2D eigenvalue weighted by molar-refractivity contribution is -0.125. The number of carbonyl (C=O) groups is 1. The van der Waals surface area contributed by atoms with Gasteiger partial charge in [-0.15, -0.1) is 0 Å². The van der Waals surface area contributed by atoms with Gasteiger partial charge in [0.25, 0.3) is 0 Å². The normalized spacial score (nSPS) is 30.5. The summed E-state index contributed by atoms with van der Waals surface area (Å²) in [6.45, 7) is 12.0. The lowest BCUT2D eigenvalue weighted by Gasteiger charge is -2.63. The number of amides is 1. The molecule has 0 spiro atoms. The summed E-state index contributed by atoms with van der Waals surface area (Å²) in [6.07, 6.45) is 6.69. The second-order valence-corrected chi connectivity index (χ2v) is 12.1. The van der Waals surface area contributed by atoms with Crippen molar-refractivity contribution < 1.29 is 4.79 Å². The molecule has 1 N–H and O–H groups in total. The third-order valence-electron chi connectivity index (χ3n) is 10.00. The molecule has 2 bridgehead atoms. The molecule has 4 nitrogen and oxygen atoms in total. The fourth-order valence-electron chi connectivity index (χ4n) is 7.90. The van der Waals surface area contributed by atoms with Gasteiger partial charge in [0.15, 0.2) is 0 Å². The number of nitrogens with zero attached hydrogens (tertiary/aromatic N) is 2. The third-order valence-corrected chi connectivity index (χ3v) is 10.00. The van der Waals surface area contributed by atoms with E-state index in [0.29, 0.717) is 24.2 Å². The molecule has 1 saturated heterocycles. The van der Waals surface area contributed by atoms with Crippen LogP contribution in [0.15, 0.2) is 60.7 Å². The average molecular weight is 502 g/mol. The quantitative estimate of drug-likeness (QED) is 0.454. The lowest BCUT2D eigenvalue weighted by Crippen LogP contribution is -2.66. The molecular weight excluding hydrogens is 454 g/mol. The molecule has 1 heterocycles. The molecule has 3 aliphatic carbocycles. The zero-order valence-electron chi connectivity index (χ0n) is 23.2. The van der Waals surface area contributed by atoms with Crippen molar-refractivity contribution in [3.63, 3.8) is 0 Å². The van der Waals surface area contributed by atoms with Crippen LogP contribution in [0, 0.1) is 11.8 Å². The van der Waals surface area contributed by atoms with Crippen LogP contribution in [-0.4, -0.2) is 60.0 Å². The number of rotatable bonds is 9. The van der Waals surface area contributed by atoms with Crippen LogP contribution in [0.2, 0.25) is 0 Å². The predicted octanol–water partition coefficient (Wildman–Crippen LogP) is 6.06. The van der Waals surface area contributed by atoms with E-state index in [4.69, 9.17) is 0 Å². The summed E-state index contributed by atoms with van der Waals surface area (Å²) < 4.78 is 0. The fraction of sp³-hybridized carbons (Fsp3) is 0.606. The molecule has 1 amide bonds. The van der Waals surface area contributed by atoms with Gasteiger partial charge in [0.1, 0.15) is 0 Å². The molecule has 0 unspecified atom stereocenters. The van der Waals surface area contributed by atoms with Gasteiger partial charge >= 0.3 is 0 Å². The predicted molar refractivity (Wildman–Crippen MR) is 153 cm³/mol.